The van der Waals surface area contributed by atoms with Crippen molar-refractivity contribution in [3.05, 3.63) is 29.3 Å². The van der Waals surface area contributed by atoms with Crippen LogP contribution in [0, 0.1) is 0 Å². The second-order valence-electron chi connectivity index (χ2n) is 4.89. The Kier molecular flexibility index (Phi) is 4.43. The van der Waals surface area contributed by atoms with Crippen LogP contribution in [0.3, 0.4) is 0 Å². The minimum Gasteiger partial charge on any atom is -0.490 e. The first kappa shape index (κ1) is 12.4. The highest BCUT2D eigenvalue weighted by molar-refractivity contribution is 5.40. The van der Waals surface area contributed by atoms with E-state index in [-0.39, 0.29) is 0 Å². The maximum Gasteiger partial charge on any atom is 0.123 e. The van der Waals surface area contributed by atoms with Crippen LogP contribution in [0.5, 0.6) is 5.75 Å². The van der Waals surface area contributed by atoms with Crippen LogP contribution in [-0.2, 0) is 12.8 Å². The molecule has 0 saturated heterocycles. The summed E-state index contributed by atoms with van der Waals surface area (Å²) in [4.78, 5) is 0. The Labute approximate surface area is 104 Å². The van der Waals surface area contributed by atoms with Gasteiger partial charge in [0.05, 0.1) is 0 Å². The molecule has 0 bridgehead atoms. The van der Waals surface area contributed by atoms with Gasteiger partial charge in [-0.25, -0.2) is 0 Å². The van der Waals surface area contributed by atoms with Crippen molar-refractivity contribution in [1.82, 2.24) is 5.32 Å². The van der Waals surface area contributed by atoms with Crippen molar-refractivity contribution in [2.75, 3.05) is 13.1 Å². The molecule has 1 N–H and O–H groups in total. The van der Waals surface area contributed by atoms with Gasteiger partial charge in [0.25, 0.3) is 0 Å². The van der Waals surface area contributed by atoms with Crippen molar-refractivity contribution in [2.45, 2.75) is 45.6 Å². The lowest BCUT2D eigenvalue weighted by Crippen LogP contribution is -2.13. The van der Waals surface area contributed by atoms with Crippen molar-refractivity contribution < 1.29 is 4.74 Å². The number of unbranched alkanes of at least 4 members (excludes halogenated alkanes) is 1. The molecule has 1 aromatic carbocycles. The molecule has 0 aliphatic carbocycles. The zero-order valence-corrected chi connectivity index (χ0v) is 11.0. The molecule has 2 rings (SSSR count). The van der Waals surface area contributed by atoms with Crippen molar-refractivity contribution in [2.24, 2.45) is 0 Å². The van der Waals surface area contributed by atoms with Crippen LogP contribution < -0.4 is 10.1 Å². The molecule has 2 nitrogen and oxygen atoms in total. The zero-order valence-electron chi connectivity index (χ0n) is 11.0. The summed E-state index contributed by atoms with van der Waals surface area (Å²) in [7, 11) is 0. The van der Waals surface area contributed by atoms with E-state index in [1.54, 1.807) is 0 Å². The van der Waals surface area contributed by atoms with Gasteiger partial charge in [-0.15, -0.1) is 0 Å². The molecule has 0 amide bonds. The minimum absolute atomic E-state index is 0.356. The van der Waals surface area contributed by atoms with Crippen LogP contribution >= 0.6 is 0 Å². The number of aryl methyl sites for hydroxylation is 1. The van der Waals surface area contributed by atoms with E-state index in [2.05, 4.69) is 37.4 Å². The fraction of sp³-hybridized carbons (Fsp3) is 0.600. The average Bonchev–Trinajstić information content (AvgIpc) is 2.68. The molecular weight excluding hydrogens is 210 g/mol. The van der Waals surface area contributed by atoms with E-state index in [1.807, 2.05) is 0 Å². The van der Waals surface area contributed by atoms with E-state index in [0.717, 1.165) is 25.3 Å². The van der Waals surface area contributed by atoms with Gasteiger partial charge in [0.2, 0.25) is 0 Å². The number of benzene rings is 1. The van der Waals surface area contributed by atoms with Crippen molar-refractivity contribution in [3.63, 3.8) is 0 Å². The molecule has 2 heteroatoms. The molecule has 1 aliphatic heterocycles. The molecule has 0 spiro atoms. The Hall–Kier alpha value is -1.02. The number of nitrogens with one attached hydrogen (secondary N) is 1. The highest BCUT2D eigenvalue weighted by Crippen LogP contribution is 2.29. The van der Waals surface area contributed by atoms with E-state index in [4.69, 9.17) is 4.74 Å². The highest BCUT2D eigenvalue weighted by Gasteiger charge is 2.18. The summed E-state index contributed by atoms with van der Waals surface area (Å²) in [5, 5.41) is 3.36. The Morgan fingerprint density at radius 2 is 2.24 bits per heavy atom. The fourth-order valence-electron chi connectivity index (χ4n) is 2.39. The van der Waals surface area contributed by atoms with Gasteiger partial charge in [-0.2, -0.15) is 0 Å². The number of ether oxygens (including phenoxy) is 1. The summed E-state index contributed by atoms with van der Waals surface area (Å²) in [5.74, 6) is 1.09. The molecule has 0 radical (unpaired) electrons. The van der Waals surface area contributed by atoms with Crippen molar-refractivity contribution in [3.8, 4) is 5.75 Å². The molecule has 1 aliphatic rings. The molecule has 17 heavy (non-hydrogen) atoms. The van der Waals surface area contributed by atoms with Gasteiger partial charge in [0.1, 0.15) is 11.9 Å². The third-order valence-corrected chi connectivity index (χ3v) is 3.28. The molecule has 94 valence electrons. The van der Waals surface area contributed by atoms with Crippen LogP contribution in [0.15, 0.2) is 18.2 Å². The normalized spacial score (nSPS) is 17.9. The first-order chi connectivity index (χ1) is 8.29. The Morgan fingerprint density at radius 1 is 1.35 bits per heavy atom. The van der Waals surface area contributed by atoms with E-state index < -0.39 is 0 Å². The van der Waals surface area contributed by atoms with Gasteiger partial charge < -0.3 is 10.1 Å². The largest absolute Gasteiger partial charge is 0.490 e. The third kappa shape index (κ3) is 3.47. The SMILES string of the molecule is CCNCCCCc1ccc2c(c1)CC(C)O2. The van der Waals surface area contributed by atoms with Gasteiger partial charge >= 0.3 is 0 Å². The number of hydrogen-bond acceptors (Lipinski definition) is 2. The third-order valence-electron chi connectivity index (χ3n) is 3.28. The van der Waals surface area contributed by atoms with Gasteiger partial charge in [0, 0.05) is 6.42 Å². The lowest BCUT2D eigenvalue weighted by molar-refractivity contribution is 0.254. The molecule has 0 fully saturated rings. The fourth-order valence-corrected chi connectivity index (χ4v) is 2.39. The Bertz CT molecular complexity index is 362. The molecule has 1 heterocycles. The molecule has 1 unspecified atom stereocenters. The molecular formula is C15H23NO. The van der Waals surface area contributed by atoms with Crippen LogP contribution in [-0.4, -0.2) is 19.2 Å². The van der Waals surface area contributed by atoms with Crippen molar-refractivity contribution in [1.29, 1.82) is 0 Å². The predicted octanol–water partition coefficient (Wildman–Crippen LogP) is 2.94. The quantitative estimate of drug-likeness (QED) is 0.763. The van der Waals surface area contributed by atoms with Crippen molar-refractivity contribution >= 4 is 0 Å². The Balaban J connectivity index is 1.80. The monoisotopic (exact) mass is 233 g/mol. The number of fused-ring (bicyclic) bond motifs is 1. The predicted molar refractivity (Wildman–Crippen MR) is 71.7 cm³/mol. The maximum absolute atomic E-state index is 5.71. The summed E-state index contributed by atoms with van der Waals surface area (Å²) in [6.07, 6.45) is 5.14. The first-order valence-corrected chi connectivity index (χ1v) is 6.78. The Morgan fingerprint density at radius 3 is 3.06 bits per heavy atom. The van der Waals surface area contributed by atoms with Gasteiger partial charge in [0.15, 0.2) is 0 Å². The summed E-state index contributed by atoms with van der Waals surface area (Å²) < 4.78 is 5.71. The molecule has 1 atom stereocenters. The summed E-state index contributed by atoms with van der Waals surface area (Å²) in [6.45, 7) is 6.51. The second kappa shape index (κ2) is 6.06. The van der Waals surface area contributed by atoms with Gasteiger partial charge in [-0.3, -0.25) is 0 Å². The summed E-state index contributed by atoms with van der Waals surface area (Å²) in [6, 6.07) is 6.68. The molecule has 1 aromatic rings. The van der Waals surface area contributed by atoms with Crippen LogP contribution in [0.1, 0.15) is 37.8 Å². The second-order valence-corrected chi connectivity index (χ2v) is 4.89. The van der Waals surface area contributed by atoms with Crippen LogP contribution in [0.2, 0.25) is 0 Å². The van der Waals surface area contributed by atoms with Crippen LogP contribution in [0.4, 0.5) is 0 Å². The topological polar surface area (TPSA) is 21.3 Å². The minimum atomic E-state index is 0.356. The van der Waals surface area contributed by atoms with Crippen LogP contribution in [0.25, 0.3) is 0 Å². The first-order valence-electron chi connectivity index (χ1n) is 6.78. The van der Waals surface area contributed by atoms with Gasteiger partial charge in [-0.1, -0.05) is 19.1 Å². The number of hydrogen-bond donors (Lipinski definition) is 1. The maximum atomic E-state index is 5.71. The summed E-state index contributed by atoms with van der Waals surface area (Å²) >= 11 is 0. The van der Waals surface area contributed by atoms with E-state index in [1.165, 1.54) is 30.4 Å². The smallest absolute Gasteiger partial charge is 0.123 e. The molecule has 0 aromatic heterocycles. The van der Waals surface area contributed by atoms with E-state index >= 15 is 0 Å². The molecule has 0 saturated carbocycles. The zero-order chi connectivity index (χ0) is 12.1. The standard InChI is InChI=1S/C15H23NO/c1-3-16-9-5-4-6-13-7-8-15-14(11-13)10-12(2)17-15/h7-8,11-12,16H,3-6,9-10H2,1-2H3. The average molecular weight is 233 g/mol. The highest BCUT2D eigenvalue weighted by atomic mass is 16.5. The van der Waals surface area contributed by atoms with E-state index in [0.29, 0.717) is 6.10 Å². The lowest BCUT2D eigenvalue weighted by atomic mass is 10.0. The van der Waals surface area contributed by atoms with E-state index in [9.17, 15) is 0 Å². The number of rotatable bonds is 6. The summed E-state index contributed by atoms with van der Waals surface area (Å²) in [5.41, 5.74) is 2.85. The lowest BCUT2D eigenvalue weighted by Gasteiger charge is -2.05. The van der Waals surface area contributed by atoms with Gasteiger partial charge in [-0.05, 0) is 56.5 Å².